The summed E-state index contributed by atoms with van der Waals surface area (Å²) >= 11 is 0. The highest BCUT2D eigenvalue weighted by molar-refractivity contribution is 5.92. The quantitative estimate of drug-likeness (QED) is 0.653. The first-order valence-electron chi connectivity index (χ1n) is 7.82. The first-order chi connectivity index (χ1) is 11.4. The summed E-state index contributed by atoms with van der Waals surface area (Å²) in [7, 11) is 1.23. The topological polar surface area (TPSA) is 122 Å². The molecule has 9 heteroatoms. The number of hydrogen-bond donors (Lipinski definition) is 3. The molecule has 9 nitrogen and oxygen atoms in total. The Morgan fingerprint density at radius 2 is 1.88 bits per heavy atom. The molecular weight excluding hydrogens is 328 g/mol. The van der Waals surface area contributed by atoms with Crippen molar-refractivity contribution >= 4 is 18.0 Å². The molecule has 0 aliphatic heterocycles. The lowest BCUT2D eigenvalue weighted by molar-refractivity contribution is -0.145. The number of methoxy groups -OCH3 is 1. The summed E-state index contributed by atoms with van der Waals surface area (Å²) < 4.78 is 9.87. The number of nitrogens with one attached hydrogen (secondary N) is 3. The fourth-order valence-electron chi connectivity index (χ4n) is 1.91. The number of rotatable bonds is 6. The molecule has 1 aromatic heterocycles. The zero-order chi connectivity index (χ0) is 19.3. The van der Waals surface area contributed by atoms with E-state index < -0.39 is 35.2 Å². The van der Waals surface area contributed by atoms with Crippen LogP contribution in [0.2, 0.25) is 0 Å². The number of imidazole rings is 1. The van der Waals surface area contributed by atoms with Crippen molar-refractivity contribution < 1.29 is 23.9 Å². The number of carbonyl (C=O) groups excluding carboxylic acids is 3. The number of aromatic amines is 1. The van der Waals surface area contributed by atoms with Crippen LogP contribution in [0.5, 0.6) is 0 Å². The van der Waals surface area contributed by atoms with Crippen molar-refractivity contribution in [2.24, 2.45) is 0 Å². The molecule has 140 valence electrons. The van der Waals surface area contributed by atoms with Crippen molar-refractivity contribution in [3.8, 4) is 0 Å². The van der Waals surface area contributed by atoms with Gasteiger partial charge in [-0.25, -0.2) is 14.6 Å². The molecule has 0 aromatic carbocycles. The Bertz CT molecular complexity index is 605. The Morgan fingerprint density at radius 1 is 1.24 bits per heavy atom. The van der Waals surface area contributed by atoms with Gasteiger partial charge in [0.25, 0.3) is 0 Å². The van der Waals surface area contributed by atoms with E-state index in [0.29, 0.717) is 5.69 Å². The number of amides is 2. The van der Waals surface area contributed by atoms with E-state index >= 15 is 0 Å². The number of nitrogens with zero attached hydrogens (tertiary/aromatic N) is 1. The first kappa shape index (κ1) is 20.5. The summed E-state index contributed by atoms with van der Waals surface area (Å²) in [6.07, 6.45) is 2.47. The summed E-state index contributed by atoms with van der Waals surface area (Å²) in [5.74, 6) is -1.15. The number of alkyl carbamates (subject to hydrolysis) is 1. The Labute approximate surface area is 146 Å². The van der Waals surface area contributed by atoms with E-state index in [1.165, 1.54) is 27.3 Å². The van der Waals surface area contributed by atoms with Crippen molar-refractivity contribution in [2.75, 3.05) is 7.11 Å². The second kappa shape index (κ2) is 8.00. The van der Waals surface area contributed by atoms with Gasteiger partial charge in [-0.15, -0.1) is 0 Å². The fraction of sp³-hybridized carbons (Fsp3) is 0.625. The third-order valence-electron chi connectivity index (χ3n) is 3.15. The first-order valence-corrected chi connectivity index (χ1v) is 7.82. The number of ether oxygens (including phenoxy) is 2. The zero-order valence-corrected chi connectivity index (χ0v) is 15.4. The van der Waals surface area contributed by atoms with Gasteiger partial charge in [0.05, 0.1) is 13.4 Å². The van der Waals surface area contributed by atoms with Crippen LogP contribution >= 0.6 is 0 Å². The Kier molecular flexibility index (Phi) is 6.55. The summed E-state index contributed by atoms with van der Waals surface area (Å²) in [6, 6.07) is -0.919. The van der Waals surface area contributed by atoms with Crippen LogP contribution in [0.3, 0.4) is 0 Å². The number of H-pyrrole nitrogens is 1. The number of aromatic nitrogens is 2. The standard InChI is InChI=1S/C16H26N4O5/c1-15(2,3)25-14(23)20-16(4,5)13(22)19-11(12(21)24-6)7-10-8-17-9-18-10/h8-9,11H,7H2,1-6H3,(H,17,18)(H,19,22)(H,20,23). The highest BCUT2D eigenvalue weighted by Crippen LogP contribution is 2.10. The maximum absolute atomic E-state index is 12.5. The van der Waals surface area contributed by atoms with Crippen LogP contribution in [-0.4, -0.2) is 52.2 Å². The smallest absolute Gasteiger partial charge is 0.408 e. The van der Waals surface area contributed by atoms with Crippen LogP contribution in [0.15, 0.2) is 12.5 Å². The van der Waals surface area contributed by atoms with Crippen molar-refractivity contribution in [2.45, 2.75) is 58.2 Å². The van der Waals surface area contributed by atoms with Gasteiger partial charge in [0.1, 0.15) is 17.2 Å². The van der Waals surface area contributed by atoms with Crippen LogP contribution in [-0.2, 0) is 25.5 Å². The van der Waals surface area contributed by atoms with Crippen LogP contribution in [0, 0.1) is 0 Å². The van der Waals surface area contributed by atoms with Gasteiger partial charge in [-0.1, -0.05) is 0 Å². The third-order valence-corrected chi connectivity index (χ3v) is 3.15. The van der Waals surface area contributed by atoms with Crippen LogP contribution in [0.1, 0.15) is 40.3 Å². The Hall–Kier alpha value is -2.58. The van der Waals surface area contributed by atoms with E-state index in [-0.39, 0.29) is 6.42 Å². The molecule has 2 amide bonds. The van der Waals surface area contributed by atoms with Gasteiger partial charge < -0.3 is 25.1 Å². The van der Waals surface area contributed by atoms with Gasteiger partial charge in [-0.2, -0.15) is 0 Å². The van der Waals surface area contributed by atoms with Crippen molar-refractivity contribution in [3.63, 3.8) is 0 Å². The average molecular weight is 354 g/mol. The lowest BCUT2D eigenvalue weighted by Crippen LogP contribution is -2.58. The SMILES string of the molecule is COC(=O)C(Cc1cnc[nH]1)NC(=O)C(C)(C)NC(=O)OC(C)(C)C. The molecule has 1 aromatic rings. The maximum atomic E-state index is 12.5. The molecule has 1 unspecified atom stereocenters. The molecular formula is C16H26N4O5. The minimum atomic E-state index is -1.29. The Balaban J connectivity index is 2.76. The van der Waals surface area contributed by atoms with E-state index in [9.17, 15) is 14.4 Å². The van der Waals surface area contributed by atoms with Crippen molar-refractivity contribution in [3.05, 3.63) is 18.2 Å². The normalized spacial score (nSPS) is 12.9. The molecule has 1 atom stereocenters. The van der Waals surface area contributed by atoms with Gasteiger partial charge in [-0.05, 0) is 34.6 Å². The predicted octanol–water partition coefficient (Wildman–Crippen LogP) is 0.913. The second-order valence-corrected chi connectivity index (χ2v) is 7.08. The monoisotopic (exact) mass is 354 g/mol. The summed E-state index contributed by atoms with van der Waals surface area (Å²) in [5.41, 5.74) is -1.32. The minimum Gasteiger partial charge on any atom is -0.467 e. The minimum absolute atomic E-state index is 0.181. The van der Waals surface area contributed by atoms with E-state index in [2.05, 4.69) is 20.6 Å². The van der Waals surface area contributed by atoms with Crippen LogP contribution in [0.25, 0.3) is 0 Å². The number of hydrogen-bond acceptors (Lipinski definition) is 6. The molecule has 0 saturated heterocycles. The van der Waals surface area contributed by atoms with Gasteiger partial charge >= 0.3 is 12.1 Å². The molecule has 0 spiro atoms. The highest BCUT2D eigenvalue weighted by atomic mass is 16.6. The van der Waals surface area contributed by atoms with Crippen molar-refractivity contribution in [1.29, 1.82) is 0 Å². The molecule has 3 N–H and O–H groups in total. The molecule has 0 fully saturated rings. The lowest BCUT2D eigenvalue weighted by Gasteiger charge is -2.29. The molecule has 1 rings (SSSR count). The van der Waals surface area contributed by atoms with Gasteiger partial charge in [0.15, 0.2) is 0 Å². The molecule has 0 aliphatic carbocycles. The van der Waals surface area contributed by atoms with Gasteiger partial charge in [0, 0.05) is 18.3 Å². The predicted molar refractivity (Wildman–Crippen MR) is 89.7 cm³/mol. The highest BCUT2D eigenvalue weighted by Gasteiger charge is 2.34. The summed E-state index contributed by atoms with van der Waals surface area (Å²) in [5, 5.41) is 5.07. The van der Waals surface area contributed by atoms with E-state index in [4.69, 9.17) is 9.47 Å². The maximum Gasteiger partial charge on any atom is 0.408 e. The molecule has 0 saturated carbocycles. The number of esters is 1. The largest absolute Gasteiger partial charge is 0.467 e. The average Bonchev–Trinajstić information content (AvgIpc) is 2.95. The Morgan fingerprint density at radius 3 is 2.36 bits per heavy atom. The zero-order valence-electron chi connectivity index (χ0n) is 15.4. The third kappa shape index (κ3) is 6.82. The number of carbonyl (C=O) groups is 3. The second-order valence-electron chi connectivity index (χ2n) is 7.08. The fourth-order valence-corrected chi connectivity index (χ4v) is 1.91. The molecule has 0 bridgehead atoms. The van der Waals surface area contributed by atoms with E-state index in [0.717, 1.165) is 0 Å². The molecule has 0 radical (unpaired) electrons. The molecule has 0 aliphatic rings. The van der Waals surface area contributed by atoms with Gasteiger partial charge in [-0.3, -0.25) is 4.79 Å². The van der Waals surface area contributed by atoms with Crippen LogP contribution < -0.4 is 10.6 Å². The van der Waals surface area contributed by atoms with Crippen molar-refractivity contribution in [1.82, 2.24) is 20.6 Å². The molecule has 25 heavy (non-hydrogen) atoms. The van der Waals surface area contributed by atoms with E-state index in [1.54, 1.807) is 27.0 Å². The van der Waals surface area contributed by atoms with Gasteiger partial charge in [0.2, 0.25) is 5.91 Å². The summed E-state index contributed by atoms with van der Waals surface area (Å²) in [6.45, 7) is 8.18. The van der Waals surface area contributed by atoms with E-state index in [1.807, 2.05) is 0 Å². The van der Waals surface area contributed by atoms with Crippen LogP contribution in [0.4, 0.5) is 4.79 Å². The summed E-state index contributed by atoms with van der Waals surface area (Å²) in [4.78, 5) is 43.1. The lowest BCUT2D eigenvalue weighted by atomic mass is 10.0. The molecule has 1 heterocycles.